The molecular formula is C23H23N3O2. The molecule has 142 valence electrons. The van der Waals surface area contributed by atoms with E-state index in [0.717, 1.165) is 23.4 Å². The number of nitrogens with zero attached hydrogens (tertiary/aromatic N) is 2. The van der Waals surface area contributed by atoms with Gasteiger partial charge in [-0.1, -0.05) is 48.5 Å². The second-order valence-corrected chi connectivity index (χ2v) is 6.82. The fourth-order valence-corrected chi connectivity index (χ4v) is 3.51. The van der Waals surface area contributed by atoms with Gasteiger partial charge in [-0.25, -0.2) is 4.98 Å². The minimum absolute atomic E-state index is 0.0769. The summed E-state index contributed by atoms with van der Waals surface area (Å²) in [4.78, 5) is 16.4. The van der Waals surface area contributed by atoms with Crippen molar-refractivity contribution in [3.63, 3.8) is 0 Å². The summed E-state index contributed by atoms with van der Waals surface area (Å²) >= 11 is 0. The zero-order valence-corrected chi connectivity index (χ0v) is 15.9. The summed E-state index contributed by atoms with van der Waals surface area (Å²) in [7, 11) is 1.52. The minimum Gasteiger partial charge on any atom is -0.375 e. The molecule has 0 fully saturated rings. The minimum atomic E-state index is -0.111. The molecule has 0 aliphatic carbocycles. The summed E-state index contributed by atoms with van der Waals surface area (Å²) in [5.41, 5.74) is 3.31. The Morgan fingerprint density at radius 2 is 1.82 bits per heavy atom. The summed E-state index contributed by atoms with van der Waals surface area (Å²) in [6, 6.07) is 23.1. The van der Waals surface area contributed by atoms with Crippen molar-refractivity contribution in [1.82, 2.24) is 14.9 Å². The van der Waals surface area contributed by atoms with Gasteiger partial charge in [0.2, 0.25) is 5.91 Å². The predicted octanol–water partition coefficient (Wildman–Crippen LogP) is 3.54. The third-order valence-corrected chi connectivity index (χ3v) is 4.83. The molecule has 1 amide bonds. The summed E-state index contributed by atoms with van der Waals surface area (Å²) < 4.78 is 7.10. The lowest BCUT2D eigenvalue weighted by molar-refractivity contribution is -0.124. The van der Waals surface area contributed by atoms with E-state index >= 15 is 0 Å². The highest BCUT2D eigenvalue weighted by Crippen LogP contribution is 2.21. The monoisotopic (exact) mass is 373 g/mol. The molecule has 0 aliphatic heterocycles. The van der Waals surface area contributed by atoms with E-state index < -0.39 is 0 Å². The van der Waals surface area contributed by atoms with Crippen LogP contribution in [0.25, 0.3) is 21.8 Å². The molecule has 1 heterocycles. The maximum Gasteiger partial charge on any atom is 0.245 e. The van der Waals surface area contributed by atoms with E-state index in [0.29, 0.717) is 13.0 Å². The quantitative estimate of drug-likeness (QED) is 0.539. The van der Waals surface area contributed by atoms with Gasteiger partial charge in [0.15, 0.2) is 0 Å². The Labute approximate surface area is 164 Å². The van der Waals surface area contributed by atoms with Gasteiger partial charge < -0.3 is 14.6 Å². The maximum absolute atomic E-state index is 11.6. The molecule has 0 spiro atoms. The number of carbonyl (C=O) groups is 1. The number of hydrogen-bond acceptors (Lipinski definition) is 3. The first-order chi connectivity index (χ1) is 13.7. The van der Waals surface area contributed by atoms with Gasteiger partial charge in [0.05, 0.1) is 11.0 Å². The van der Waals surface area contributed by atoms with Crippen molar-refractivity contribution in [2.45, 2.75) is 13.0 Å². The van der Waals surface area contributed by atoms with Gasteiger partial charge in [-0.2, -0.15) is 0 Å². The molecule has 4 aromatic rings. The number of methoxy groups -OCH3 is 1. The van der Waals surface area contributed by atoms with Crippen LogP contribution >= 0.6 is 0 Å². The van der Waals surface area contributed by atoms with Crippen LogP contribution < -0.4 is 5.32 Å². The molecule has 0 saturated heterocycles. The van der Waals surface area contributed by atoms with Crippen molar-refractivity contribution in [2.24, 2.45) is 0 Å². The Morgan fingerprint density at radius 1 is 1.04 bits per heavy atom. The van der Waals surface area contributed by atoms with Crippen molar-refractivity contribution in [3.05, 3.63) is 78.1 Å². The van der Waals surface area contributed by atoms with Crippen LogP contribution in [0.5, 0.6) is 0 Å². The second kappa shape index (κ2) is 8.23. The first-order valence-electron chi connectivity index (χ1n) is 9.42. The number of para-hydroxylation sites is 2. The first kappa shape index (κ1) is 18.2. The average molecular weight is 373 g/mol. The van der Waals surface area contributed by atoms with Crippen molar-refractivity contribution >= 4 is 27.7 Å². The lowest BCUT2D eigenvalue weighted by Gasteiger charge is -2.11. The highest BCUT2D eigenvalue weighted by molar-refractivity contribution is 5.83. The Bertz CT molecular complexity index is 1120. The molecule has 28 heavy (non-hydrogen) atoms. The van der Waals surface area contributed by atoms with Crippen molar-refractivity contribution < 1.29 is 9.53 Å². The van der Waals surface area contributed by atoms with Crippen LogP contribution in [0.2, 0.25) is 0 Å². The lowest BCUT2D eigenvalue weighted by Crippen LogP contribution is -2.29. The molecule has 0 unspecified atom stereocenters. The Balaban J connectivity index is 1.61. The van der Waals surface area contributed by atoms with Gasteiger partial charge in [-0.05, 0) is 34.5 Å². The van der Waals surface area contributed by atoms with Crippen LogP contribution in [0.3, 0.4) is 0 Å². The van der Waals surface area contributed by atoms with Gasteiger partial charge in [-0.15, -0.1) is 0 Å². The van der Waals surface area contributed by atoms with E-state index in [-0.39, 0.29) is 12.5 Å². The number of rotatable bonds is 7. The summed E-state index contributed by atoms with van der Waals surface area (Å²) in [5.74, 6) is 0.853. The topological polar surface area (TPSA) is 56.1 Å². The average Bonchev–Trinajstić information content (AvgIpc) is 3.05. The number of imidazole rings is 1. The summed E-state index contributed by atoms with van der Waals surface area (Å²) in [5, 5.41) is 5.35. The number of ether oxygens (including phenoxy) is 1. The fraction of sp³-hybridized carbons (Fsp3) is 0.217. The molecule has 5 heteroatoms. The van der Waals surface area contributed by atoms with Crippen molar-refractivity contribution in [2.75, 3.05) is 20.3 Å². The molecule has 0 aliphatic rings. The zero-order valence-electron chi connectivity index (χ0n) is 15.9. The van der Waals surface area contributed by atoms with Gasteiger partial charge in [-0.3, -0.25) is 4.79 Å². The highest BCUT2D eigenvalue weighted by atomic mass is 16.5. The van der Waals surface area contributed by atoms with Crippen LogP contribution in [0.1, 0.15) is 11.4 Å². The highest BCUT2D eigenvalue weighted by Gasteiger charge is 2.11. The fourth-order valence-electron chi connectivity index (χ4n) is 3.51. The molecule has 5 nitrogen and oxygen atoms in total. The third kappa shape index (κ3) is 3.89. The van der Waals surface area contributed by atoms with Crippen LogP contribution in [0.15, 0.2) is 66.7 Å². The van der Waals surface area contributed by atoms with Crippen LogP contribution in [0.4, 0.5) is 0 Å². The van der Waals surface area contributed by atoms with Crippen LogP contribution in [-0.4, -0.2) is 35.7 Å². The molecule has 0 radical (unpaired) electrons. The van der Waals surface area contributed by atoms with Crippen LogP contribution in [-0.2, 0) is 22.5 Å². The Hall–Kier alpha value is -3.18. The van der Waals surface area contributed by atoms with E-state index in [4.69, 9.17) is 9.72 Å². The number of fused-ring (bicyclic) bond motifs is 2. The largest absolute Gasteiger partial charge is 0.375 e. The number of carbonyl (C=O) groups excluding carboxylic acids is 1. The molecule has 0 saturated carbocycles. The zero-order chi connectivity index (χ0) is 19.3. The van der Waals surface area contributed by atoms with E-state index in [1.807, 2.05) is 18.2 Å². The van der Waals surface area contributed by atoms with Gasteiger partial charge in [0.25, 0.3) is 0 Å². The SMILES string of the molecule is COCC(=O)NCCc1nc2ccccc2n1Cc1ccc2ccccc2c1. The molecular weight excluding hydrogens is 350 g/mol. The molecule has 1 N–H and O–H groups in total. The second-order valence-electron chi connectivity index (χ2n) is 6.82. The Kier molecular flexibility index (Phi) is 5.35. The third-order valence-electron chi connectivity index (χ3n) is 4.83. The Morgan fingerprint density at radius 3 is 2.68 bits per heavy atom. The standard InChI is InChI=1S/C23H23N3O2/c1-28-16-23(27)24-13-12-22-25-20-8-4-5-9-21(20)26(22)15-17-10-11-18-6-2-3-7-19(18)14-17/h2-11,14H,12-13,15-16H2,1H3,(H,24,27). The van der Waals surface area contributed by atoms with Crippen molar-refractivity contribution in [3.8, 4) is 0 Å². The number of amides is 1. The lowest BCUT2D eigenvalue weighted by atomic mass is 10.1. The smallest absolute Gasteiger partial charge is 0.245 e. The van der Waals surface area contributed by atoms with Gasteiger partial charge >= 0.3 is 0 Å². The van der Waals surface area contributed by atoms with E-state index in [1.165, 1.54) is 23.4 Å². The molecule has 1 aromatic heterocycles. The summed E-state index contributed by atoms with van der Waals surface area (Å²) in [6.45, 7) is 1.35. The summed E-state index contributed by atoms with van der Waals surface area (Å²) in [6.07, 6.45) is 0.664. The van der Waals surface area contributed by atoms with Crippen LogP contribution in [0, 0.1) is 0 Å². The van der Waals surface area contributed by atoms with E-state index in [2.05, 4.69) is 58.4 Å². The van der Waals surface area contributed by atoms with Gasteiger partial charge in [0, 0.05) is 26.6 Å². The first-order valence-corrected chi connectivity index (χ1v) is 9.42. The predicted molar refractivity (Wildman–Crippen MR) is 111 cm³/mol. The molecule has 4 rings (SSSR count). The molecule has 0 bridgehead atoms. The normalized spacial score (nSPS) is 11.2. The maximum atomic E-state index is 11.6. The van der Waals surface area contributed by atoms with Gasteiger partial charge in [0.1, 0.15) is 12.4 Å². The molecule has 3 aromatic carbocycles. The van der Waals surface area contributed by atoms with Crippen molar-refractivity contribution in [1.29, 1.82) is 0 Å². The number of benzene rings is 3. The number of hydrogen-bond donors (Lipinski definition) is 1. The van der Waals surface area contributed by atoms with E-state index in [9.17, 15) is 4.79 Å². The number of aromatic nitrogens is 2. The molecule has 0 atom stereocenters. The number of nitrogens with one attached hydrogen (secondary N) is 1. The van der Waals surface area contributed by atoms with E-state index in [1.54, 1.807) is 0 Å².